The van der Waals surface area contributed by atoms with Crippen LogP contribution in [-0.4, -0.2) is 43.3 Å². The summed E-state index contributed by atoms with van der Waals surface area (Å²) in [5.74, 6) is -0.888. The van der Waals surface area contributed by atoms with E-state index in [1.165, 1.54) is 35.2 Å². The quantitative estimate of drug-likeness (QED) is 0.298. The third kappa shape index (κ3) is 7.99. The van der Waals surface area contributed by atoms with E-state index in [2.05, 4.69) is 5.32 Å². The minimum absolute atomic E-state index is 0.0126. The van der Waals surface area contributed by atoms with Crippen molar-refractivity contribution in [2.75, 3.05) is 10.8 Å². The van der Waals surface area contributed by atoms with Crippen LogP contribution in [0.3, 0.4) is 0 Å². The van der Waals surface area contributed by atoms with E-state index in [0.717, 1.165) is 15.4 Å². The maximum absolute atomic E-state index is 14.1. The van der Waals surface area contributed by atoms with Gasteiger partial charge in [-0.15, -0.1) is 0 Å². The fourth-order valence-electron chi connectivity index (χ4n) is 4.17. The Morgan fingerprint density at radius 2 is 1.57 bits per heavy atom. The summed E-state index contributed by atoms with van der Waals surface area (Å²) in [4.78, 5) is 28.9. The van der Waals surface area contributed by atoms with E-state index in [1.807, 2.05) is 58.9 Å². The number of hydrogen-bond donors (Lipinski definition) is 1. The zero-order chi connectivity index (χ0) is 29.7. The van der Waals surface area contributed by atoms with Crippen LogP contribution in [0, 0.1) is 6.92 Å². The first kappa shape index (κ1) is 31.5. The standard InChI is InChI=1S/C30H35Cl2N3O4S/c1-6-26(29(37)33-30(3,4)5)34(19-22-14-12-21(2)13-15-22)28(36)20-35(27-18-23(31)16-17-25(27)32)40(38,39)24-10-8-7-9-11-24/h7-18,26H,6,19-20H2,1-5H3,(H,33,37)/t26-/m1/s1. The van der Waals surface area contributed by atoms with Gasteiger partial charge in [0, 0.05) is 17.1 Å². The van der Waals surface area contributed by atoms with Gasteiger partial charge in [-0.2, -0.15) is 0 Å². The van der Waals surface area contributed by atoms with Crippen molar-refractivity contribution < 1.29 is 18.0 Å². The highest BCUT2D eigenvalue weighted by molar-refractivity contribution is 7.92. The maximum atomic E-state index is 14.1. The number of amides is 2. The molecule has 40 heavy (non-hydrogen) atoms. The number of benzene rings is 3. The number of halogens is 2. The summed E-state index contributed by atoms with van der Waals surface area (Å²) in [6.07, 6.45) is 0.322. The molecule has 3 aromatic carbocycles. The molecule has 0 heterocycles. The molecule has 7 nitrogen and oxygen atoms in total. The van der Waals surface area contributed by atoms with Gasteiger partial charge in [0.05, 0.1) is 15.6 Å². The molecule has 0 aliphatic rings. The topological polar surface area (TPSA) is 86.8 Å². The van der Waals surface area contributed by atoms with Gasteiger partial charge in [-0.1, -0.05) is 78.2 Å². The number of anilines is 1. The molecule has 3 aromatic rings. The normalized spacial score (nSPS) is 12.5. The van der Waals surface area contributed by atoms with Crippen molar-refractivity contribution in [1.29, 1.82) is 0 Å². The molecule has 0 spiro atoms. The Morgan fingerprint density at radius 1 is 0.950 bits per heavy atom. The Labute approximate surface area is 247 Å². The average Bonchev–Trinajstić information content (AvgIpc) is 2.89. The van der Waals surface area contributed by atoms with Crippen LogP contribution >= 0.6 is 23.2 Å². The highest BCUT2D eigenvalue weighted by Crippen LogP contribution is 2.33. The lowest BCUT2D eigenvalue weighted by molar-refractivity contribution is -0.141. The van der Waals surface area contributed by atoms with Crippen molar-refractivity contribution in [2.45, 2.75) is 64.1 Å². The molecule has 0 radical (unpaired) electrons. The van der Waals surface area contributed by atoms with E-state index in [9.17, 15) is 18.0 Å². The van der Waals surface area contributed by atoms with E-state index >= 15 is 0 Å². The second-order valence-electron chi connectivity index (χ2n) is 10.6. The van der Waals surface area contributed by atoms with Crippen molar-refractivity contribution in [1.82, 2.24) is 10.2 Å². The first-order valence-corrected chi connectivity index (χ1v) is 15.1. The highest BCUT2D eigenvalue weighted by atomic mass is 35.5. The summed E-state index contributed by atoms with van der Waals surface area (Å²) in [6.45, 7) is 8.87. The molecule has 0 aliphatic heterocycles. The molecular formula is C30H35Cl2N3O4S. The smallest absolute Gasteiger partial charge is 0.264 e. The first-order valence-electron chi connectivity index (χ1n) is 12.9. The van der Waals surface area contributed by atoms with Gasteiger partial charge in [-0.05, 0) is 70.0 Å². The van der Waals surface area contributed by atoms with E-state index in [0.29, 0.717) is 6.42 Å². The molecule has 2 amide bonds. The molecule has 0 saturated carbocycles. The van der Waals surface area contributed by atoms with Crippen molar-refractivity contribution in [2.24, 2.45) is 0 Å². The summed E-state index contributed by atoms with van der Waals surface area (Å²) >= 11 is 12.7. The summed E-state index contributed by atoms with van der Waals surface area (Å²) in [5, 5.41) is 3.32. The third-order valence-electron chi connectivity index (χ3n) is 6.14. The Morgan fingerprint density at radius 3 is 2.15 bits per heavy atom. The van der Waals surface area contributed by atoms with Crippen molar-refractivity contribution >= 4 is 50.7 Å². The molecule has 1 N–H and O–H groups in total. The second kappa shape index (κ2) is 13.1. The third-order valence-corrected chi connectivity index (χ3v) is 8.47. The van der Waals surface area contributed by atoms with Crippen LogP contribution in [0.25, 0.3) is 0 Å². The molecule has 0 unspecified atom stereocenters. The molecular weight excluding hydrogens is 569 g/mol. The van der Waals surface area contributed by atoms with Crippen LogP contribution in [0.4, 0.5) is 5.69 Å². The van der Waals surface area contributed by atoms with Crippen LogP contribution in [0.1, 0.15) is 45.2 Å². The van der Waals surface area contributed by atoms with Crippen molar-refractivity contribution in [3.05, 3.63) is 94.0 Å². The Hall–Kier alpha value is -3.07. The molecule has 10 heteroatoms. The minimum atomic E-state index is -4.24. The lowest BCUT2D eigenvalue weighted by Crippen LogP contribution is -2.55. The van der Waals surface area contributed by atoms with E-state index in [4.69, 9.17) is 23.2 Å². The van der Waals surface area contributed by atoms with Crippen LogP contribution in [0.15, 0.2) is 77.7 Å². The maximum Gasteiger partial charge on any atom is 0.264 e. The summed E-state index contributed by atoms with van der Waals surface area (Å²) in [5.41, 5.74) is 1.39. The largest absolute Gasteiger partial charge is 0.350 e. The second-order valence-corrected chi connectivity index (χ2v) is 13.3. The number of aryl methyl sites for hydroxylation is 1. The van der Waals surface area contributed by atoms with Crippen LogP contribution < -0.4 is 9.62 Å². The molecule has 0 saturated heterocycles. The van der Waals surface area contributed by atoms with Gasteiger partial charge in [0.25, 0.3) is 10.0 Å². The van der Waals surface area contributed by atoms with Crippen LogP contribution in [-0.2, 0) is 26.2 Å². The fourth-order valence-corrected chi connectivity index (χ4v) is 6.05. The molecule has 3 rings (SSSR count). The fraction of sp³-hybridized carbons (Fsp3) is 0.333. The average molecular weight is 605 g/mol. The summed E-state index contributed by atoms with van der Waals surface area (Å²) in [6, 6.07) is 19.0. The Kier molecular flexibility index (Phi) is 10.3. The highest BCUT2D eigenvalue weighted by Gasteiger charge is 2.35. The molecule has 1 atom stereocenters. The molecule has 214 valence electrons. The number of sulfonamides is 1. The monoisotopic (exact) mass is 603 g/mol. The number of rotatable bonds is 10. The van der Waals surface area contributed by atoms with Crippen molar-refractivity contribution in [3.8, 4) is 0 Å². The lowest BCUT2D eigenvalue weighted by Gasteiger charge is -2.35. The Bertz CT molecular complexity index is 1440. The molecule has 0 aromatic heterocycles. The molecule has 0 aliphatic carbocycles. The van der Waals surface area contributed by atoms with Gasteiger partial charge in [0.2, 0.25) is 11.8 Å². The first-order chi connectivity index (χ1) is 18.7. The zero-order valence-corrected chi connectivity index (χ0v) is 25.6. The number of nitrogens with one attached hydrogen (secondary N) is 1. The zero-order valence-electron chi connectivity index (χ0n) is 23.3. The predicted octanol–water partition coefficient (Wildman–Crippen LogP) is 6.22. The number of hydrogen-bond acceptors (Lipinski definition) is 4. The van der Waals surface area contributed by atoms with Crippen LogP contribution in [0.2, 0.25) is 10.0 Å². The van der Waals surface area contributed by atoms with Gasteiger partial charge in [-0.3, -0.25) is 13.9 Å². The summed E-state index contributed by atoms with van der Waals surface area (Å²) < 4.78 is 28.7. The summed E-state index contributed by atoms with van der Waals surface area (Å²) in [7, 11) is -4.24. The van der Waals surface area contributed by atoms with Gasteiger partial charge in [0.15, 0.2) is 0 Å². The van der Waals surface area contributed by atoms with Crippen molar-refractivity contribution in [3.63, 3.8) is 0 Å². The number of carbonyl (C=O) groups excluding carboxylic acids is 2. The predicted molar refractivity (Wildman–Crippen MR) is 161 cm³/mol. The van der Waals surface area contributed by atoms with Gasteiger partial charge in [0.1, 0.15) is 12.6 Å². The number of nitrogens with zero attached hydrogens (tertiary/aromatic N) is 2. The van der Waals surface area contributed by atoms with Crippen LogP contribution in [0.5, 0.6) is 0 Å². The molecule has 0 bridgehead atoms. The SMILES string of the molecule is CC[C@H](C(=O)NC(C)(C)C)N(Cc1ccc(C)cc1)C(=O)CN(c1cc(Cl)ccc1Cl)S(=O)(=O)c1ccccc1. The van der Waals surface area contributed by atoms with Gasteiger partial charge < -0.3 is 10.2 Å². The molecule has 0 fully saturated rings. The van der Waals surface area contributed by atoms with Gasteiger partial charge >= 0.3 is 0 Å². The number of carbonyl (C=O) groups is 2. The van der Waals surface area contributed by atoms with Gasteiger partial charge in [-0.25, -0.2) is 8.42 Å². The minimum Gasteiger partial charge on any atom is -0.350 e. The lowest BCUT2D eigenvalue weighted by atomic mass is 10.1. The van der Waals surface area contributed by atoms with E-state index < -0.39 is 34.1 Å². The van der Waals surface area contributed by atoms with E-state index in [-0.39, 0.29) is 33.1 Å². The van der Waals surface area contributed by atoms with E-state index in [1.54, 1.807) is 18.2 Å². The Balaban J connectivity index is 2.10.